The van der Waals surface area contributed by atoms with Gasteiger partial charge in [0.1, 0.15) is 0 Å². The summed E-state index contributed by atoms with van der Waals surface area (Å²) in [6.07, 6.45) is 5.37. The topological polar surface area (TPSA) is 39.3 Å². The first-order valence-electron chi connectivity index (χ1n) is 8.94. The number of carbonyl (C=O) groups excluding carboxylic acids is 1. The molecule has 3 rings (SSSR count). The predicted molar refractivity (Wildman–Crippen MR) is 99.9 cm³/mol. The molecule has 1 aliphatic heterocycles. The lowest BCUT2D eigenvalue weighted by Crippen LogP contribution is -2.48. The Hall–Kier alpha value is -2.07. The van der Waals surface area contributed by atoms with E-state index in [1.165, 1.54) is 22.0 Å². The Labute approximate surface area is 144 Å². The second-order valence-electron chi connectivity index (χ2n) is 6.41. The van der Waals surface area contributed by atoms with Crippen LogP contribution in [0.3, 0.4) is 0 Å². The summed E-state index contributed by atoms with van der Waals surface area (Å²) in [7, 11) is 0. The third kappa shape index (κ3) is 3.11. The average Bonchev–Trinajstić information content (AvgIpc) is 3.06. The normalized spacial score (nSPS) is 16.9. The highest BCUT2D eigenvalue weighted by atomic mass is 16.2. The van der Waals surface area contributed by atoms with Crippen LogP contribution >= 0.6 is 0 Å². The Morgan fingerprint density at radius 2 is 2.04 bits per heavy atom. The van der Waals surface area contributed by atoms with Crippen LogP contribution in [-0.2, 0) is 4.79 Å². The molecule has 0 spiro atoms. The number of carbonyl (C=O) groups is 1. The number of H-pyrrole nitrogens is 1. The van der Waals surface area contributed by atoms with Crippen molar-refractivity contribution in [2.75, 3.05) is 26.2 Å². The van der Waals surface area contributed by atoms with Crippen LogP contribution in [0.2, 0.25) is 0 Å². The van der Waals surface area contributed by atoms with Crippen molar-refractivity contribution in [1.82, 2.24) is 14.8 Å². The average molecular weight is 325 g/mol. The number of aromatic amines is 1. The van der Waals surface area contributed by atoms with E-state index in [4.69, 9.17) is 0 Å². The molecular formula is C20H27N3O. The van der Waals surface area contributed by atoms with Crippen LogP contribution in [0.5, 0.6) is 0 Å². The molecule has 1 aliphatic rings. The number of para-hydroxylation sites is 1. The van der Waals surface area contributed by atoms with Gasteiger partial charge in [-0.2, -0.15) is 0 Å². The zero-order valence-electron chi connectivity index (χ0n) is 14.9. The molecule has 0 radical (unpaired) electrons. The Kier molecular flexibility index (Phi) is 5.05. The number of nitrogens with one attached hydrogen (secondary N) is 1. The highest BCUT2D eigenvalue weighted by Crippen LogP contribution is 2.29. The van der Waals surface area contributed by atoms with Crippen LogP contribution in [0.25, 0.3) is 16.5 Å². The minimum atomic E-state index is -0.0503. The van der Waals surface area contributed by atoms with Gasteiger partial charge in [-0.25, -0.2) is 0 Å². The van der Waals surface area contributed by atoms with Gasteiger partial charge in [-0.1, -0.05) is 24.3 Å². The molecule has 1 aromatic carbocycles. The van der Waals surface area contributed by atoms with Crippen molar-refractivity contribution >= 4 is 22.4 Å². The number of fused-ring (bicyclic) bond motifs is 1. The summed E-state index contributed by atoms with van der Waals surface area (Å²) in [6.45, 7) is 9.44. The molecule has 4 heteroatoms. The van der Waals surface area contributed by atoms with E-state index in [-0.39, 0.29) is 11.9 Å². The maximum absolute atomic E-state index is 12.5. The number of likely N-dealkylation sites (N-methyl/N-ethyl adjacent to an activating group) is 1. The van der Waals surface area contributed by atoms with Crippen molar-refractivity contribution < 1.29 is 4.79 Å². The number of aromatic nitrogens is 1. The van der Waals surface area contributed by atoms with Gasteiger partial charge in [0.15, 0.2) is 0 Å². The Balaban J connectivity index is 1.73. The van der Waals surface area contributed by atoms with Gasteiger partial charge in [0, 0.05) is 48.8 Å². The third-order valence-electron chi connectivity index (χ3n) is 5.16. The number of hydrogen-bond donors (Lipinski definition) is 1. The zero-order chi connectivity index (χ0) is 17.1. The number of nitrogens with zero attached hydrogens (tertiary/aromatic N) is 2. The largest absolute Gasteiger partial charge is 0.361 e. The SMILES string of the molecule is CCN(CC)C(=O)[C@H](C)N1CC=C(c2c[nH]c3ccccc23)CC1. The fourth-order valence-corrected chi connectivity index (χ4v) is 3.57. The fraction of sp³-hybridized carbons (Fsp3) is 0.450. The smallest absolute Gasteiger partial charge is 0.239 e. The van der Waals surface area contributed by atoms with E-state index in [2.05, 4.69) is 46.4 Å². The van der Waals surface area contributed by atoms with Crippen molar-refractivity contribution in [2.24, 2.45) is 0 Å². The highest BCUT2D eigenvalue weighted by Gasteiger charge is 2.26. The van der Waals surface area contributed by atoms with Gasteiger partial charge in [-0.05, 0) is 38.8 Å². The molecule has 1 N–H and O–H groups in total. The van der Waals surface area contributed by atoms with Crippen molar-refractivity contribution in [1.29, 1.82) is 0 Å². The van der Waals surface area contributed by atoms with Crippen LogP contribution in [0.4, 0.5) is 0 Å². The van der Waals surface area contributed by atoms with E-state index in [1.54, 1.807) is 0 Å². The van der Waals surface area contributed by atoms with Crippen LogP contribution in [0.15, 0.2) is 36.5 Å². The maximum Gasteiger partial charge on any atom is 0.239 e. The van der Waals surface area contributed by atoms with Crippen molar-refractivity contribution in [2.45, 2.75) is 33.2 Å². The lowest BCUT2D eigenvalue weighted by Gasteiger charge is -2.33. The first kappa shape index (κ1) is 16.8. The molecule has 1 atom stereocenters. The summed E-state index contributed by atoms with van der Waals surface area (Å²) < 4.78 is 0. The molecule has 0 bridgehead atoms. The van der Waals surface area contributed by atoms with E-state index in [1.807, 2.05) is 25.7 Å². The number of hydrogen-bond acceptors (Lipinski definition) is 2. The fourth-order valence-electron chi connectivity index (χ4n) is 3.57. The van der Waals surface area contributed by atoms with Gasteiger partial charge >= 0.3 is 0 Å². The molecule has 24 heavy (non-hydrogen) atoms. The van der Waals surface area contributed by atoms with Gasteiger partial charge < -0.3 is 9.88 Å². The van der Waals surface area contributed by atoms with Gasteiger partial charge in [0.25, 0.3) is 0 Å². The Morgan fingerprint density at radius 3 is 2.71 bits per heavy atom. The summed E-state index contributed by atoms with van der Waals surface area (Å²) in [4.78, 5) is 20.1. The van der Waals surface area contributed by atoms with E-state index in [9.17, 15) is 4.79 Å². The van der Waals surface area contributed by atoms with Crippen LogP contribution in [0.1, 0.15) is 32.8 Å². The van der Waals surface area contributed by atoms with E-state index in [0.717, 1.165) is 32.6 Å². The number of rotatable bonds is 5. The van der Waals surface area contributed by atoms with Crippen molar-refractivity contribution in [3.05, 3.63) is 42.1 Å². The van der Waals surface area contributed by atoms with Crippen LogP contribution < -0.4 is 0 Å². The predicted octanol–water partition coefficient (Wildman–Crippen LogP) is 3.51. The summed E-state index contributed by atoms with van der Waals surface area (Å²) in [5, 5.41) is 1.28. The summed E-state index contributed by atoms with van der Waals surface area (Å²) in [6, 6.07) is 8.37. The van der Waals surface area contributed by atoms with E-state index >= 15 is 0 Å². The molecule has 2 heterocycles. The third-order valence-corrected chi connectivity index (χ3v) is 5.16. The Morgan fingerprint density at radius 1 is 1.29 bits per heavy atom. The Bertz CT molecular complexity index is 742. The summed E-state index contributed by atoms with van der Waals surface area (Å²) in [5.41, 5.74) is 3.86. The van der Waals surface area contributed by atoms with Gasteiger partial charge in [0.2, 0.25) is 5.91 Å². The summed E-state index contributed by atoms with van der Waals surface area (Å²) >= 11 is 0. The molecule has 0 fully saturated rings. The minimum absolute atomic E-state index is 0.0503. The molecule has 128 valence electrons. The second kappa shape index (κ2) is 7.22. The van der Waals surface area contributed by atoms with Crippen LogP contribution in [0, 0.1) is 0 Å². The maximum atomic E-state index is 12.5. The van der Waals surface area contributed by atoms with E-state index < -0.39 is 0 Å². The van der Waals surface area contributed by atoms with Gasteiger partial charge in [0.05, 0.1) is 6.04 Å². The lowest BCUT2D eigenvalue weighted by molar-refractivity contribution is -0.135. The molecule has 2 aromatic rings. The highest BCUT2D eigenvalue weighted by molar-refractivity contribution is 5.92. The molecule has 1 amide bonds. The molecule has 4 nitrogen and oxygen atoms in total. The standard InChI is InChI=1S/C20H27N3O/c1-4-22(5-2)20(24)15(3)23-12-10-16(11-13-23)18-14-21-19-9-7-6-8-17(18)19/h6-10,14-15,21H,4-5,11-13H2,1-3H3/t15-/m0/s1. The number of amides is 1. The minimum Gasteiger partial charge on any atom is -0.361 e. The van der Waals surface area contributed by atoms with Crippen LogP contribution in [-0.4, -0.2) is 52.9 Å². The molecule has 0 unspecified atom stereocenters. The monoisotopic (exact) mass is 325 g/mol. The van der Waals surface area contributed by atoms with Crippen molar-refractivity contribution in [3.8, 4) is 0 Å². The van der Waals surface area contributed by atoms with Crippen molar-refractivity contribution in [3.63, 3.8) is 0 Å². The first-order chi connectivity index (χ1) is 11.7. The second-order valence-corrected chi connectivity index (χ2v) is 6.41. The van der Waals surface area contributed by atoms with Gasteiger partial charge in [-0.15, -0.1) is 0 Å². The zero-order valence-corrected chi connectivity index (χ0v) is 14.9. The first-order valence-corrected chi connectivity index (χ1v) is 8.94. The molecular weight excluding hydrogens is 298 g/mol. The molecule has 0 saturated carbocycles. The molecule has 0 saturated heterocycles. The summed E-state index contributed by atoms with van der Waals surface area (Å²) in [5.74, 6) is 0.240. The quantitative estimate of drug-likeness (QED) is 0.913. The van der Waals surface area contributed by atoms with E-state index in [0.29, 0.717) is 0 Å². The lowest BCUT2D eigenvalue weighted by atomic mass is 9.98. The molecule has 1 aromatic heterocycles. The molecule has 0 aliphatic carbocycles. The number of benzene rings is 1. The van der Waals surface area contributed by atoms with Gasteiger partial charge in [-0.3, -0.25) is 9.69 Å².